The first kappa shape index (κ1) is 10.2. The molecule has 0 bridgehead atoms. The van der Waals surface area contributed by atoms with E-state index < -0.39 is 0 Å². The molecule has 0 amide bonds. The van der Waals surface area contributed by atoms with Crippen molar-refractivity contribution in [3.05, 3.63) is 54.6 Å². The zero-order valence-electron chi connectivity index (χ0n) is 10.1. The van der Waals surface area contributed by atoms with E-state index in [1.54, 1.807) is 0 Å². The first-order chi connectivity index (χ1) is 8.25. The van der Waals surface area contributed by atoms with Crippen molar-refractivity contribution in [1.82, 2.24) is 0 Å². The Balaban J connectivity index is 2.43. The predicted octanol–water partition coefficient (Wildman–Crippen LogP) is 3.86. The van der Waals surface area contributed by atoms with Crippen LogP contribution in [0.4, 0.5) is 5.69 Å². The first-order valence-corrected chi connectivity index (χ1v) is 5.76. The zero-order chi connectivity index (χ0) is 11.8. The smallest absolute Gasteiger partial charge is 0.0440 e. The standard InChI is InChI=1S/C16H14N/c1-17(2)16-9-5-8-14-10-12-6-3-4-7-13(12)11-15(14)16/h3-6,8-11H,1-2H3. The number of nitrogens with zero attached hydrogens (tertiary/aromatic N) is 1. The Kier molecular flexibility index (Phi) is 2.25. The van der Waals surface area contributed by atoms with Gasteiger partial charge in [0.1, 0.15) is 0 Å². The van der Waals surface area contributed by atoms with Crippen molar-refractivity contribution >= 4 is 27.2 Å². The van der Waals surface area contributed by atoms with E-state index in [0.717, 1.165) is 0 Å². The Labute approximate surface area is 101 Å². The summed E-state index contributed by atoms with van der Waals surface area (Å²) in [6, 6.07) is 20.3. The molecule has 1 nitrogen and oxygen atoms in total. The Morgan fingerprint density at radius 3 is 2.59 bits per heavy atom. The molecular weight excluding hydrogens is 206 g/mol. The molecule has 3 aromatic rings. The molecule has 17 heavy (non-hydrogen) atoms. The zero-order valence-corrected chi connectivity index (χ0v) is 10.1. The SMILES string of the molecule is CN(C)c1cccc2cc3ccc[c]c3cc12. The third-order valence-corrected chi connectivity index (χ3v) is 3.12. The van der Waals surface area contributed by atoms with Crippen LogP contribution in [-0.4, -0.2) is 14.1 Å². The van der Waals surface area contributed by atoms with Crippen molar-refractivity contribution in [2.45, 2.75) is 0 Å². The van der Waals surface area contributed by atoms with Gasteiger partial charge in [0.15, 0.2) is 0 Å². The Morgan fingerprint density at radius 1 is 0.941 bits per heavy atom. The van der Waals surface area contributed by atoms with Gasteiger partial charge in [-0.15, -0.1) is 0 Å². The molecule has 0 aliphatic carbocycles. The monoisotopic (exact) mass is 220 g/mol. The molecule has 0 unspecified atom stereocenters. The van der Waals surface area contributed by atoms with Crippen LogP contribution in [0, 0.1) is 6.07 Å². The van der Waals surface area contributed by atoms with Crippen molar-refractivity contribution in [3.63, 3.8) is 0 Å². The van der Waals surface area contributed by atoms with Gasteiger partial charge in [0.05, 0.1) is 0 Å². The highest BCUT2D eigenvalue weighted by atomic mass is 15.1. The van der Waals surface area contributed by atoms with Gasteiger partial charge in [0.2, 0.25) is 0 Å². The summed E-state index contributed by atoms with van der Waals surface area (Å²) in [4.78, 5) is 2.15. The Morgan fingerprint density at radius 2 is 1.76 bits per heavy atom. The van der Waals surface area contributed by atoms with Gasteiger partial charge in [-0.2, -0.15) is 0 Å². The van der Waals surface area contributed by atoms with Gasteiger partial charge in [-0.3, -0.25) is 0 Å². The van der Waals surface area contributed by atoms with Gasteiger partial charge in [0, 0.05) is 25.2 Å². The summed E-state index contributed by atoms with van der Waals surface area (Å²) in [5.74, 6) is 0. The lowest BCUT2D eigenvalue weighted by molar-refractivity contribution is 1.14. The molecule has 0 aliphatic heterocycles. The highest BCUT2D eigenvalue weighted by Gasteiger charge is 2.04. The summed E-state index contributed by atoms with van der Waals surface area (Å²) in [7, 11) is 4.15. The molecule has 3 rings (SSSR count). The van der Waals surface area contributed by atoms with E-state index in [1.165, 1.54) is 27.2 Å². The second kappa shape index (κ2) is 3.77. The van der Waals surface area contributed by atoms with Gasteiger partial charge in [-0.1, -0.05) is 30.3 Å². The van der Waals surface area contributed by atoms with Crippen LogP contribution in [-0.2, 0) is 0 Å². The fraction of sp³-hybridized carbons (Fsp3) is 0.125. The number of anilines is 1. The highest BCUT2D eigenvalue weighted by Crippen LogP contribution is 2.29. The van der Waals surface area contributed by atoms with Crippen molar-refractivity contribution in [2.75, 3.05) is 19.0 Å². The maximum Gasteiger partial charge on any atom is 0.0440 e. The fourth-order valence-corrected chi connectivity index (χ4v) is 2.27. The predicted molar refractivity (Wildman–Crippen MR) is 74.6 cm³/mol. The van der Waals surface area contributed by atoms with Crippen LogP contribution in [0.2, 0.25) is 0 Å². The molecule has 1 heteroatoms. The molecule has 0 aromatic heterocycles. The molecule has 0 saturated carbocycles. The van der Waals surface area contributed by atoms with Gasteiger partial charge < -0.3 is 4.90 Å². The molecule has 0 atom stereocenters. The van der Waals surface area contributed by atoms with Crippen molar-refractivity contribution in [1.29, 1.82) is 0 Å². The highest BCUT2D eigenvalue weighted by molar-refractivity contribution is 6.03. The second-order valence-corrected chi connectivity index (χ2v) is 4.50. The fourth-order valence-electron chi connectivity index (χ4n) is 2.27. The molecule has 1 radical (unpaired) electrons. The largest absolute Gasteiger partial charge is 0.377 e. The lowest BCUT2D eigenvalue weighted by atomic mass is 10.0. The van der Waals surface area contributed by atoms with Crippen LogP contribution in [0.25, 0.3) is 21.5 Å². The summed E-state index contributed by atoms with van der Waals surface area (Å²) >= 11 is 0. The third-order valence-electron chi connectivity index (χ3n) is 3.12. The van der Waals surface area contributed by atoms with Crippen LogP contribution in [0.5, 0.6) is 0 Å². The minimum Gasteiger partial charge on any atom is -0.377 e. The summed E-state index contributed by atoms with van der Waals surface area (Å²) in [5.41, 5.74) is 1.25. The Bertz CT molecular complexity index is 683. The molecule has 0 fully saturated rings. The van der Waals surface area contributed by atoms with E-state index in [1.807, 2.05) is 12.1 Å². The van der Waals surface area contributed by atoms with Crippen LogP contribution in [0.1, 0.15) is 0 Å². The summed E-state index contributed by atoms with van der Waals surface area (Å²) in [5, 5.41) is 4.99. The molecule has 83 valence electrons. The van der Waals surface area contributed by atoms with Crippen LogP contribution in [0.15, 0.2) is 48.5 Å². The Hall–Kier alpha value is -2.02. The van der Waals surface area contributed by atoms with E-state index >= 15 is 0 Å². The minimum atomic E-state index is 1.18. The summed E-state index contributed by atoms with van der Waals surface area (Å²) in [6.07, 6.45) is 0. The van der Waals surface area contributed by atoms with E-state index in [9.17, 15) is 0 Å². The lowest BCUT2D eigenvalue weighted by Gasteiger charge is -2.15. The normalized spacial score (nSPS) is 10.9. The summed E-state index contributed by atoms with van der Waals surface area (Å²) < 4.78 is 0. The number of hydrogen-bond acceptors (Lipinski definition) is 1. The maximum absolute atomic E-state index is 3.29. The molecule has 0 saturated heterocycles. The average Bonchev–Trinajstić information content (AvgIpc) is 2.35. The van der Waals surface area contributed by atoms with Crippen LogP contribution < -0.4 is 4.90 Å². The molecule has 0 spiro atoms. The summed E-state index contributed by atoms with van der Waals surface area (Å²) in [6.45, 7) is 0. The number of rotatable bonds is 1. The van der Waals surface area contributed by atoms with Gasteiger partial charge in [-0.25, -0.2) is 0 Å². The van der Waals surface area contributed by atoms with E-state index in [2.05, 4.69) is 61.5 Å². The lowest BCUT2D eigenvalue weighted by Crippen LogP contribution is -2.08. The number of hydrogen-bond donors (Lipinski definition) is 0. The molecule has 0 heterocycles. The molecule has 0 aliphatic rings. The van der Waals surface area contributed by atoms with Crippen molar-refractivity contribution < 1.29 is 0 Å². The third kappa shape index (κ3) is 1.64. The van der Waals surface area contributed by atoms with Crippen LogP contribution >= 0.6 is 0 Å². The average molecular weight is 220 g/mol. The van der Waals surface area contributed by atoms with Gasteiger partial charge in [0.25, 0.3) is 0 Å². The number of benzene rings is 3. The molecule has 0 N–H and O–H groups in total. The maximum atomic E-state index is 3.29. The number of fused-ring (bicyclic) bond motifs is 2. The van der Waals surface area contributed by atoms with Crippen LogP contribution in [0.3, 0.4) is 0 Å². The topological polar surface area (TPSA) is 3.24 Å². The quantitative estimate of drug-likeness (QED) is 0.563. The van der Waals surface area contributed by atoms with E-state index in [4.69, 9.17) is 0 Å². The molecule has 3 aromatic carbocycles. The molecular formula is C16H14N. The van der Waals surface area contributed by atoms with Crippen molar-refractivity contribution in [3.8, 4) is 0 Å². The minimum absolute atomic E-state index is 1.18. The van der Waals surface area contributed by atoms with E-state index in [0.29, 0.717) is 0 Å². The first-order valence-electron chi connectivity index (χ1n) is 5.76. The van der Waals surface area contributed by atoms with Crippen molar-refractivity contribution in [2.24, 2.45) is 0 Å². The van der Waals surface area contributed by atoms with Gasteiger partial charge in [-0.05, 0) is 40.4 Å². The van der Waals surface area contributed by atoms with E-state index in [-0.39, 0.29) is 0 Å². The second-order valence-electron chi connectivity index (χ2n) is 4.50. The van der Waals surface area contributed by atoms with Gasteiger partial charge >= 0.3 is 0 Å².